The van der Waals surface area contributed by atoms with Crippen molar-refractivity contribution in [2.45, 2.75) is 87.7 Å². The predicted octanol–water partition coefficient (Wildman–Crippen LogP) is 2.65. The smallest absolute Gasteiger partial charge is 0.262 e. The third-order valence-electron chi connectivity index (χ3n) is 6.44. The number of aliphatic hydroxyl groups is 1. The summed E-state index contributed by atoms with van der Waals surface area (Å²) < 4.78 is 17.5. The van der Waals surface area contributed by atoms with Gasteiger partial charge >= 0.3 is 0 Å². The molecule has 0 bridgehead atoms. The maximum atomic E-state index is 13.8. The summed E-state index contributed by atoms with van der Waals surface area (Å²) in [6.45, 7) is 9.88. The molecule has 3 rings (SSSR count). The van der Waals surface area contributed by atoms with Crippen molar-refractivity contribution in [2.75, 3.05) is 32.6 Å². The molecule has 0 aromatic carbocycles. The Labute approximate surface area is 203 Å². The van der Waals surface area contributed by atoms with Crippen molar-refractivity contribution in [3.05, 3.63) is 12.3 Å². The van der Waals surface area contributed by atoms with Crippen LogP contribution in [0.4, 0.5) is 0 Å². The second-order valence-electron chi connectivity index (χ2n) is 10.3. The average molecular weight is 501 g/mol. The van der Waals surface area contributed by atoms with E-state index in [2.05, 4.69) is 19.6 Å². The summed E-state index contributed by atoms with van der Waals surface area (Å²) in [6.07, 6.45) is 4.23. The molecule has 188 valence electrons. The first-order valence-electron chi connectivity index (χ1n) is 12.0. The van der Waals surface area contributed by atoms with Crippen LogP contribution in [0.2, 0.25) is 25.7 Å². The Bertz CT molecular complexity index is 726. The van der Waals surface area contributed by atoms with Gasteiger partial charge < -0.3 is 29.1 Å². The van der Waals surface area contributed by atoms with Crippen LogP contribution < -0.4 is 0 Å². The molecular weight excluding hydrogens is 460 g/mol. The van der Waals surface area contributed by atoms with Gasteiger partial charge in [0.2, 0.25) is 5.91 Å². The summed E-state index contributed by atoms with van der Waals surface area (Å²) in [5.74, 6) is 0.455. The largest absolute Gasteiger partial charge is 0.502 e. The van der Waals surface area contributed by atoms with Crippen molar-refractivity contribution in [1.29, 1.82) is 0 Å². The van der Waals surface area contributed by atoms with Crippen molar-refractivity contribution in [2.24, 2.45) is 0 Å². The predicted molar refractivity (Wildman–Crippen MR) is 131 cm³/mol. The highest BCUT2D eigenvalue weighted by Crippen LogP contribution is 2.49. The van der Waals surface area contributed by atoms with E-state index in [0.29, 0.717) is 19.6 Å². The van der Waals surface area contributed by atoms with Gasteiger partial charge in [-0.15, -0.1) is 11.8 Å². The lowest BCUT2D eigenvalue weighted by molar-refractivity contribution is -0.200. The zero-order valence-corrected chi connectivity index (χ0v) is 22.4. The molecule has 3 aliphatic rings. The Hall–Kier alpha value is -1.07. The lowest BCUT2D eigenvalue weighted by atomic mass is 10.1. The minimum absolute atomic E-state index is 0.000205. The van der Waals surface area contributed by atoms with Gasteiger partial charge in [-0.25, -0.2) is 0 Å². The van der Waals surface area contributed by atoms with Crippen molar-refractivity contribution >= 4 is 31.7 Å². The second-order valence-corrected chi connectivity index (χ2v) is 17.2. The number of thioether (sulfide) groups is 1. The summed E-state index contributed by atoms with van der Waals surface area (Å²) in [5, 5.41) is 11.0. The molecule has 5 atom stereocenters. The third-order valence-corrected chi connectivity index (χ3v) is 10.0. The molecule has 0 spiro atoms. The normalized spacial score (nSPS) is 31.9. The summed E-state index contributed by atoms with van der Waals surface area (Å²) in [4.78, 5) is 29.1. The van der Waals surface area contributed by atoms with Gasteiger partial charge in [0.05, 0.1) is 31.6 Å². The van der Waals surface area contributed by atoms with Crippen LogP contribution in [0.1, 0.15) is 32.6 Å². The van der Waals surface area contributed by atoms with Gasteiger partial charge in [0.25, 0.3) is 5.91 Å². The monoisotopic (exact) mass is 500 g/mol. The molecule has 0 saturated carbocycles. The number of rotatable bonds is 10. The zero-order chi connectivity index (χ0) is 24.2. The van der Waals surface area contributed by atoms with Crippen LogP contribution in [0.25, 0.3) is 0 Å². The summed E-state index contributed by atoms with van der Waals surface area (Å²) >= 11 is 1.51. The van der Waals surface area contributed by atoms with Gasteiger partial charge in [-0.05, 0) is 44.1 Å². The van der Waals surface area contributed by atoms with Crippen LogP contribution >= 0.6 is 11.8 Å². The molecule has 8 nitrogen and oxygen atoms in total. The van der Waals surface area contributed by atoms with Gasteiger partial charge in [0, 0.05) is 28.1 Å². The Kier molecular flexibility index (Phi) is 8.93. The van der Waals surface area contributed by atoms with Crippen LogP contribution in [0.3, 0.4) is 0 Å². The van der Waals surface area contributed by atoms with E-state index in [0.717, 1.165) is 31.1 Å². The van der Waals surface area contributed by atoms with E-state index in [-0.39, 0.29) is 18.4 Å². The number of piperazine rings is 1. The summed E-state index contributed by atoms with van der Waals surface area (Å²) in [7, 11) is 0.310. The summed E-state index contributed by atoms with van der Waals surface area (Å²) in [5.41, 5.74) is 0. The quantitative estimate of drug-likeness (QED) is 0.364. The number of hydrogen-bond acceptors (Lipinski definition) is 7. The van der Waals surface area contributed by atoms with Gasteiger partial charge in [0.1, 0.15) is 6.10 Å². The molecule has 0 aromatic rings. The molecule has 3 aliphatic heterocycles. The zero-order valence-electron chi connectivity index (χ0n) is 20.6. The van der Waals surface area contributed by atoms with Crippen LogP contribution in [0, 0.1) is 0 Å². The first kappa shape index (κ1) is 26.5. The van der Waals surface area contributed by atoms with E-state index in [4.69, 9.17) is 14.2 Å². The lowest BCUT2D eigenvalue weighted by Crippen LogP contribution is -2.69. The molecule has 33 heavy (non-hydrogen) atoms. The van der Waals surface area contributed by atoms with Crippen molar-refractivity contribution in [1.82, 2.24) is 9.80 Å². The number of carbonyl (C=O) groups is 2. The molecule has 3 fully saturated rings. The number of amides is 2. The number of likely N-dealkylation sites (N-methyl/N-ethyl adjacent to an activating group) is 1. The van der Waals surface area contributed by atoms with Gasteiger partial charge in [0.15, 0.2) is 11.2 Å². The van der Waals surface area contributed by atoms with Crippen LogP contribution in [0.15, 0.2) is 12.3 Å². The van der Waals surface area contributed by atoms with E-state index >= 15 is 0 Å². The Balaban J connectivity index is 1.96. The summed E-state index contributed by atoms with van der Waals surface area (Å²) in [6, 6.07) is 0.447. The highest BCUT2D eigenvalue weighted by Gasteiger charge is 2.65. The molecule has 2 unspecified atom stereocenters. The van der Waals surface area contributed by atoms with Crippen molar-refractivity contribution in [3.63, 3.8) is 0 Å². The first-order valence-corrected chi connectivity index (χ1v) is 16.7. The molecule has 10 heteroatoms. The van der Waals surface area contributed by atoms with E-state index < -0.39 is 37.5 Å². The second kappa shape index (κ2) is 11.1. The number of ether oxygens (including phenoxy) is 3. The van der Waals surface area contributed by atoms with Crippen molar-refractivity contribution < 1.29 is 28.9 Å². The fourth-order valence-electron chi connectivity index (χ4n) is 4.66. The third kappa shape index (κ3) is 5.95. The highest BCUT2D eigenvalue weighted by molar-refractivity contribution is 8.01. The van der Waals surface area contributed by atoms with Crippen LogP contribution in [0.5, 0.6) is 0 Å². The maximum Gasteiger partial charge on any atom is 0.262 e. The number of hydrogen-bond donors (Lipinski definition) is 1. The number of carbonyl (C=O) groups excluding carboxylic acids is 2. The van der Waals surface area contributed by atoms with E-state index in [1.807, 2.05) is 6.92 Å². The minimum Gasteiger partial charge on any atom is -0.502 e. The lowest BCUT2D eigenvalue weighted by Gasteiger charge is -2.48. The average Bonchev–Trinajstić information content (AvgIpc) is 3.08. The van der Waals surface area contributed by atoms with Gasteiger partial charge in [-0.1, -0.05) is 19.6 Å². The fraction of sp³-hybridized carbons (Fsp3) is 0.826. The molecule has 3 heterocycles. The maximum absolute atomic E-state index is 13.8. The SMILES string of the molecule is CCO/C=C/C(O)[C@@H]1C[C@H](OC2CCCCO2)[C@@]2(SCC[Si](C)(C)C)C(=O)N(C)CC(=O)N12. The number of nitrogens with zero attached hydrogens (tertiary/aromatic N) is 2. The minimum atomic E-state index is -1.36. The Morgan fingerprint density at radius 2 is 2.09 bits per heavy atom. The molecule has 3 saturated heterocycles. The highest BCUT2D eigenvalue weighted by atomic mass is 32.2. The molecule has 0 radical (unpaired) electrons. The van der Waals surface area contributed by atoms with E-state index in [1.54, 1.807) is 18.0 Å². The Morgan fingerprint density at radius 3 is 2.73 bits per heavy atom. The van der Waals surface area contributed by atoms with Crippen molar-refractivity contribution in [3.8, 4) is 0 Å². The molecule has 0 aromatic heterocycles. The topological polar surface area (TPSA) is 88.5 Å². The molecule has 0 aliphatic carbocycles. The molecular formula is C23H40N2O6SSi. The fourth-order valence-corrected chi connectivity index (χ4v) is 8.82. The van der Waals surface area contributed by atoms with Crippen LogP contribution in [-0.4, -0.2) is 96.8 Å². The Morgan fingerprint density at radius 1 is 1.33 bits per heavy atom. The van der Waals surface area contributed by atoms with Gasteiger partial charge in [-0.3, -0.25) is 9.59 Å². The molecule has 2 amide bonds. The van der Waals surface area contributed by atoms with Gasteiger partial charge in [-0.2, -0.15) is 0 Å². The first-order chi connectivity index (χ1) is 15.6. The molecule has 1 N–H and O–H groups in total. The van der Waals surface area contributed by atoms with E-state index in [9.17, 15) is 14.7 Å². The standard InChI is InChI=1S/C23H40N2O6SSi/c1-6-29-12-10-18(26)17-15-19(31-21-9-7-8-11-30-21)23(32-13-14-33(3,4)5)22(28)24(2)16-20(27)25(17)23/h10,12,17-19,21,26H,6-9,11,13-16H2,1-5H3/b12-10+/t17-,18?,19-,21?,23+/m0/s1. The number of fused-ring (bicyclic) bond motifs is 1. The van der Waals surface area contributed by atoms with E-state index in [1.165, 1.54) is 22.9 Å². The number of aliphatic hydroxyl groups excluding tert-OH is 1. The van der Waals surface area contributed by atoms with Crippen LogP contribution in [-0.2, 0) is 23.8 Å².